The first-order valence-corrected chi connectivity index (χ1v) is 9.94. The van der Waals surface area contributed by atoms with E-state index in [1.54, 1.807) is 0 Å². The number of hydrogen-bond acceptors (Lipinski definition) is 3. The molecule has 1 aliphatic rings. The third-order valence-corrected chi connectivity index (χ3v) is 4.96. The summed E-state index contributed by atoms with van der Waals surface area (Å²) in [7, 11) is 1.95. The van der Waals surface area contributed by atoms with Crippen molar-refractivity contribution in [3.63, 3.8) is 0 Å². The number of nitrogens with one attached hydrogen (secondary N) is 1. The number of rotatable bonds is 8. The molecule has 0 aromatic rings. The van der Waals surface area contributed by atoms with Crippen LogP contribution in [0.25, 0.3) is 0 Å². The molecule has 1 unspecified atom stereocenters. The van der Waals surface area contributed by atoms with Crippen LogP contribution < -0.4 is 5.32 Å². The first kappa shape index (κ1) is 21.7. The second kappa shape index (κ2) is 11.3. The fraction of sp³-hybridized carbons (Fsp3) is 0.895. The molecule has 1 aliphatic heterocycles. The highest BCUT2D eigenvalue weighted by Crippen LogP contribution is 2.18. The molecule has 6 heteroatoms. The van der Waals surface area contributed by atoms with E-state index in [4.69, 9.17) is 4.99 Å². The predicted molar refractivity (Wildman–Crippen MR) is 106 cm³/mol. The molecule has 0 bridgehead atoms. The maximum Gasteiger partial charge on any atom is 0.242 e. The predicted octanol–water partition coefficient (Wildman–Crippen LogP) is 1.87. The van der Waals surface area contributed by atoms with Gasteiger partial charge in [0.05, 0.1) is 6.54 Å². The molecule has 1 amide bonds. The van der Waals surface area contributed by atoms with Crippen molar-refractivity contribution < 1.29 is 4.79 Å². The lowest BCUT2D eigenvalue weighted by Crippen LogP contribution is -2.46. The molecule has 0 aliphatic carbocycles. The summed E-state index contributed by atoms with van der Waals surface area (Å²) in [5.41, 5.74) is 0. The maximum absolute atomic E-state index is 12.3. The molecule has 0 aromatic heterocycles. The minimum Gasteiger partial charge on any atom is -0.357 e. The Morgan fingerprint density at radius 3 is 2.52 bits per heavy atom. The minimum atomic E-state index is 0.154. The van der Waals surface area contributed by atoms with Gasteiger partial charge in [-0.25, -0.2) is 0 Å². The number of carbonyl (C=O) groups is 1. The van der Waals surface area contributed by atoms with Gasteiger partial charge in [0.1, 0.15) is 0 Å². The highest BCUT2D eigenvalue weighted by atomic mass is 16.2. The number of guanidine groups is 1. The summed E-state index contributed by atoms with van der Waals surface area (Å²) in [5.74, 6) is 1.60. The SMILES string of the molecule is CCNC(=NCC1CCCN(C(C)C)C1)N(C)CC(=O)N(CC)CC. The summed E-state index contributed by atoms with van der Waals surface area (Å²) in [6.07, 6.45) is 2.50. The number of likely N-dealkylation sites (N-methyl/N-ethyl adjacent to an activating group) is 2. The van der Waals surface area contributed by atoms with Crippen LogP contribution in [0.1, 0.15) is 47.5 Å². The monoisotopic (exact) mass is 353 g/mol. The molecule has 1 heterocycles. The van der Waals surface area contributed by atoms with Crippen LogP contribution in [0.15, 0.2) is 4.99 Å². The van der Waals surface area contributed by atoms with Crippen LogP contribution in [0.5, 0.6) is 0 Å². The van der Waals surface area contributed by atoms with Gasteiger partial charge in [0.2, 0.25) is 5.91 Å². The number of amides is 1. The Kier molecular flexibility index (Phi) is 9.86. The normalized spacial score (nSPS) is 19.2. The molecular weight excluding hydrogens is 314 g/mol. The molecule has 1 atom stereocenters. The molecule has 0 spiro atoms. The molecular formula is C19H39N5O. The molecule has 1 fully saturated rings. The van der Waals surface area contributed by atoms with Crippen molar-refractivity contribution in [3.8, 4) is 0 Å². The van der Waals surface area contributed by atoms with Gasteiger partial charge in [-0.1, -0.05) is 0 Å². The number of piperidine rings is 1. The summed E-state index contributed by atoms with van der Waals surface area (Å²) in [6.45, 7) is 16.5. The summed E-state index contributed by atoms with van der Waals surface area (Å²) >= 11 is 0. The number of nitrogens with zero attached hydrogens (tertiary/aromatic N) is 4. The van der Waals surface area contributed by atoms with E-state index < -0.39 is 0 Å². The first-order chi connectivity index (χ1) is 11.9. The van der Waals surface area contributed by atoms with Gasteiger partial charge in [-0.15, -0.1) is 0 Å². The average Bonchev–Trinajstić information content (AvgIpc) is 2.59. The van der Waals surface area contributed by atoms with Crippen molar-refractivity contribution in [2.45, 2.75) is 53.5 Å². The Morgan fingerprint density at radius 1 is 1.28 bits per heavy atom. The number of hydrogen-bond donors (Lipinski definition) is 1. The zero-order valence-corrected chi connectivity index (χ0v) is 17.2. The Balaban J connectivity index is 2.64. The molecule has 0 aromatic carbocycles. The third-order valence-electron chi connectivity index (χ3n) is 4.96. The fourth-order valence-corrected chi connectivity index (χ4v) is 3.35. The fourth-order valence-electron chi connectivity index (χ4n) is 3.35. The standard InChI is InChI=1S/C19H39N5O/c1-7-20-19(22(6)15-18(25)23(8-2)9-3)21-13-17-11-10-12-24(14-17)16(4)5/h16-17H,7-15H2,1-6H3,(H,20,21). The van der Waals surface area contributed by atoms with Gasteiger partial charge in [0, 0.05) is 45.8 Å². The Morgan fingerprint density at radius 2 is 1.96 bits per heavy atom. The second-order valence-electron chi connectivity index (χ2n) is 7.21. The van der Waals surface area contributed by atoms with Crippen LogP contribution in [0.2, 0.25) is 0 Å². The molecule has 0 radical (unpaired) electrons. The summed E-state index contributed by atoms with van der Waals surface area (Å²) < 4.78 is 0. The number of likely N-dealkylation sites (tertiary alicyclic amines) is 1. The minimum absolute atomic E-state index is 0.154. The van der Waals surface area contributed by atoms with E-state index in [0.717, 1.165) is 38.7 Å². The van der Waals surface area contributed by atoms with Crippen LogP contribution in [0, 0.1) is 5.92 Å². The number of carbonyl (C=O) groups excluding carboxylic acids is 1. The van der Waals surface area contributed by atoms with Crippen LogP contribution in [0.4, 0.5) is 0 Å². The van der Waals surface area contributed by atoms with Gasteiger partial charge < -0.3 is 20.0 Å². The molecule has 146 valence electrons. The quantitative estimate of drug-likeness (QED) is 0.535. The lowest BCUT2D eigenvalue weighted by Gasteiger charge is -2.35. The lowest BCUT2D eigenvalue weighted by molar-refractivity contribution is -0.131. The topological polar surface area (TPSA) is 51.2 Å². The van der Waals surface area contributed by atoms with Crippen LogP contribution in [-0.4, -0.2) is 85.5 Å². The van der Waals surface area contributed by atoms with Gasteiger partial charge in [0.25, 0.3) is 0 Å². The van der Waals surface area contributed by atoms with Crippen LogP contribution in [0.3, 0.4) is 0 Å². The Hall–Kier alpha value is -1.30. The zero-order valence-electron chi connectivity index (χ0n) is 17.2. The zero-order chi connectivity index (χ0) is 18.8. The van der Waals surface area contributed by atoms with Gasteiger partial charge >= 0.3 is 0 Å². The summed E-state index contributed by atoms with van der Waals surface area (Å²) in [4.78, 5) is 23.5. The van der Waals surface area contributed by atoms with Crippen LogP contribution >= 0.6 is 0 Å². The molecule has 1 N–H and O–H groups in total. The van der Waals surface area contributed by atoms with Crippen LogP contribution in [-0.2, 0) is 4.79 Å². The smallest absolute Gasteiger partial charge is 0.242 e. The summed E-state index contributed by atoms with van der Waals surface area (Å²) in [5, 5.41) is 3.33. The van der Waals surface area contributed by atoms with Crippen molar-refractivity contribution >= 4 is 11.9 Å². The highest BCUT2D eigenvalue weighted by molar-refractivity contribution is 5.86. The highest BCUT2D eigenvalue weighted by Gasteiger charge is 2.22. The summed E-state index contributed by atoms with van der Waals surface area (Å²) in [6, 6.07) is 0.606. The van der Waals surface area contributed by atoms with Crippen molar-refractivity contribution in [1.29, 1.82) is 0 Å². The van der Waals surface area contributed by atoms with E-state index in [2.05, 4.69) is 31.0 Å². The molecule has 1 rings (SSSR count). The third kappa shape index (κ3) is 7.22. The van der Waals surface area contributed by atoms with E-state index in [9.17, 15) is 4.79 Å². The second-order valence-corrected chi connectivity index (χ2v) is 7.21. The average molecular weight is 354 g/mol. The van der Waals surface area contributed by atoms with Gasteiger partial charge in [-0.3, -0.25) is 9.79 Å². The van der Waals surface area contributed by atoms with Gasteiger partial charge in [-0.2, -0.15) is 0 Å². The van der Waals surface area contributed by atoms with E-state index in [1.807, 2.05) is 30.7 Å². The van der Waals surface area contributed by atoms with Crippen molar-refractivity contribution in [2.24, 2.45) is 10.9 Å². The van der Waals surface area contributed by atoms with Crippen molar-refractivity contribution in [1.82, 2.24) is 20.0 Å². The van der Waals surface area contributed by atoms with Crippen molar-refractivity contribution in [3.05, 3.63) is 0 Å². The van der Waals surface area contributed by atoms with E-state index in [0.29, 0.717) is 18.5 Å². The Labute approximate surface area is 154 Å². The van der Waals surface area contributed by atoms with E-state index in [-0.39, 0.29) is 5.91 Å². The molecule has 25 heavy (non-hydrogen) atoms. The molecule has 6 nitrogen and oxygen atoms in total. The molecule has 0 saturated carbocycles. The maximum atomic E-state index is 12.3. The molecule has 1 saturated heterocycles. The Bertz CT molecular complexity index is 420. The van der Waals surface area contributed by atoms with E-state index >= 15 is 0 Å². The number of aliphatic imine (C=N–C) groups is 1. The van der Waals surface area contributed by atoms with E-state index in [1.165, 1.54) is 19.4 Å². The van der Waals surface area contributed by atoms with Gasteiger partial charge in [-0.05, 0) is 59.9 Å². The lowest BCUT2D eigenvalue weighted by atomic mass is 9.97. The van der Waals surface area contributed by atoms with Crippen molar-refractivity contribution in [2.75, 3.05) is 52.9 Å². The van der Waals surface area contributed by atoms with Gasteiger partial charge in [0.15, 0.2) is 5.96 Å². The largest absolute Gasteiger partial charge is 0.357 e. The first-order valence-electron chi connectivity index (χ1n) is 9.94.